The lowest BCUT2D eigenvalue weighted by molar-refractivity contribution is 0.959. The number of para-hydroxylation sites is 1. The van der Waals surface area contributed by atoms with Gasteiger partial charge in [0.25, 0.3) is 0 Å². The highest BCUT2D eigenvalue weighted by Crippen LogP contribution is 2.19. The molecular formula is C15H15N3. The monoisotopic (exact) mass is 237 g/mol. The summed E-state index contributed by atoms with van der Waals surface area (Å²) in [7, 11) is 0. The van der Waals surface area contributed by atoms with Gasteiger partial charge in [0.2, 0.25) is 0 Å². The minimum Gasteiger partial charge on any atom is -0.383 e. The normalized spacial score (nSPS) is 9.78. The van der Waals surface area contributed by atoms with Gasteiger partial charge in [-0.3, -0.25) is 4.98 Å². The molecule has 0 spiro atoms. The molecule has 2 aromatic rings. The molecule has 0 atom stereocenters. The third-order valence-electron chi connectivity index (χ3n) is 2.80. The fourth-order valence-corrected chi connectivity index (χ4v) is 1.86. The van der Waals surface area contributed by atoms with E-state index in [1.807, 2.05) is 43.3 Å². The van der Waals surface area contributed by atoms with Gasteiger partial charge in [-0.2, -0.15) is 5.26 Å². The van der Waals surface area contributed by atoms with Gasteiger partial charge in [-0.15, -0.1) is 0 Å². The Hall–Kier alpha value is -2.34. The van der Waals surface area contributed by atoms with E-state index in [0.717, 1.165) is 29.9 Å². The smallest absolute Gasteiger partial charge is 0.101 e. The van der Waals surface area contributed by atoms with Gasteiger partial charge in [-0.1, -0.05) is 18.2 Å². The highest BCUT2D eigenvalue weighted by molar-refractivity contribution is 5.62. The summed E-state index contributed by atoms with van der Waals surface area (Å²) in [6.45, 7) is 2.78. The van der Waals surface area contributed by atoms with Crippen LogP contribution in [0.3, 0.4) is 0 Å². The van der Waals surface area contributed by atoms with Gasteiger partial charge in [-0.05, 0) is 30.7 Å². The van der Waals surface area contributed by atoms with E-state index in [4.69, 9.17) is 5.26 Å². The van der Waals surface area contributed by atoms with Gasteiger partial charge in [-0.25, -0.2) is 0 Å². The minimum absolute atomic E-state index is 0.691. The lowest BCUT2D eigenvalue weighted by Gasteiger charge is -2.10. The lowest BCUT2D eigenvalue weighted by atomic mass is 10.1. The first-order valence-electron chi connectivity index (χ1n) is 5.95. The molecule has 0 saturated heterocycles. The van der Waals surface area contributed by atoms with Crippen LogP contribution in [0.5, 0.6) is 0 Å². The molecule has 0 aliphatic carbocycles. The third kappa shape index (κ3) is 2.86. The maximum absolute atomic E-state index is 9.06. The molecule has 1 heterocycles. The predicted molar refractivity (Wildman–Crippen MR) is 72.3 cm³/mol. The number of nitrogens with zero attached hydrogens (tertiary/aromatic N) is 2. The Morgan fingerprint density at radius 1 is 1.22 bits per heavy atom. The van der Waals surface area contributed by atoms with Crippen molar-refractivity contribution in [1.82, 2.24) is 4.98 Å². The van der Waals surface area contributed by atoms with Crippen molar-refractivity contribution in [3.63, 3.8) is 0 Å². The van der Waals surface area contributed by atoms with Crippen LogP contribution in [-0.2, 0) is 6.42 Å². The van der Waals surface area contributed by atoms with Crippen LogP contribution in [0.1, 0.15) is 16.8 Å². The summed E-state index contributed by atoms with van der Waals surface area (Å²) in [6.07, 6.45) is 2.64. The van der Waals surface area contributed by atoms with E-state index in [-0.39, 0.29) is 0 Å². The first-order valence-corrected chi connectivity index (χ1v) is 5.95. The number of pyridine rings is 1. The quantitative estimate of drug-likeness (QED) is 0.889. The number of rotatable bonds is 4. The van der Waals surface area contributed by atoms with Crippen molar-refractivity contribution in [2.24, 2.45) is 0 Å². The number of hydrogen-bond donors (Lipinski definition) is 1. The second-order valence-corrected chi connectivity index (χ2v) is 4.11. The molecule has 2 rings (SSSR count). The molecule has 0 fully saturated rings. The summed E-state index contributed by atoms with van der Waals surface area (Å²) >= 11 is 0. The van der Waals surface area contributed by atoms with Gasteiger partial charge >= 0.3 is 0 Å². The topological polar surface area (TPSA) is 48.7 Å². The number of aromatic nitrogens is 1. The summed E-state index contributed by atoms with van der Waals surface area (Å²) in [5.74, 6) is 0. The molecule has 0 amide bonds. The van der Waals surface area contributed by atoms with Crippen molar-refractivity contribution in [2.45, 2.75) is 13.3 Å². The zero-order chi connectivity index (χ0) is 12.8. The van der Waals surface area contributed by atoms with Crippen molar-refractivity contribution in [3.05, 3.63) is 59.4 Å². The van der Waals surface area contributed by atoms with Crippen LogP contribution in [-0.4, -0.2) is 11.5 Å². The maximum atomic E-state index is 9.06. The molecule has 3 heteroatoms. The predicted octanol–water partition coefficient (Wildman–Crippen LogP) is 2.92. The zero-order valence-corrected chi connectivity index (χ0v) is 10.4. The number of hydrogen-bond acceptors (Lipinski definition) is 3. The largest absolute Gasteiger partial charge is 0.383 e. The first kappa shape index (κ1) is 12.1. The van der Waals surface area contributed by atoms with Crippen LogP contribution in [0.15, 0.2) is 42.6 Å². The Kier molecular flexibility index (Phi) is 3.93. The Morgan fingerprint density at radius 2 is 2.11 bits per heavy atom. The van der Waals surface area contributed by atoms with E-state index < -0.39 is 0 Å². The summed E-state index contributed by atoms with van der Waals surface area (Å²) in [6, 6.07) is 13.8. The van der Waals surface area contributed by atoms with Crippen LogP contribution in [0, 0.1) is 18.3 Å². The highest BCUT2D eigenvalue weighted by atomic mass is 14.9. The molecule has 0 aliphatic rings. The Morgan fingerprint density at radius 3 is 2.83 bits per heavy atom. The van der Waals surface area contributed by atoms with Crippen LogP contribution >= 0.6 is 0 Å². The summed E-state index contributed by atoms with van der Waals surface area (Å²) in [5, 5.41) is 12.4. The van der Waals surface area contributed by atoms with E-state index in [1.165, 1.54) is 0 Å². The van der Waals surface area contributed by atoms with Crippen LogP contribution in [0.4, 0.5) is 5.69 Å². The molecule has 0 radical (unpaired) electrons. The molecule has 0 bridgehead atoms. The Labute approximate surface area is 107 Å². The van der Waals surface area contributed by atoms with E-state index >= 15 is 0 Å². The van der Waals surface area contributed by atoms with Crippen molar-refractivity contribution in [3.8, 4) is 6.07 Å². The molecule has 18 heavy (non-hydrogen) atoms. The molecule has 0 unspecified atom stereocenters. The van der Waals surface area contributed by atoms with E-state index in [2.05, 4.69) is 16.4 Å². The number of aryl methyl sites for hydroxylation is 1. The van der Waals surface area contributed by atoms with Gasteiger partial charge in [0.05, 0.1) is 11.3 Å². The van der Waals surface area contributed by atoms with Crippen molar-refractivity contribution >= 4 is 5.69 Å². The van der Waals surface area contributed by atoms with E-state index in [9.17, 15) is 0 Å². The molecule has 3 nitrogen and oxygen atoms in total. The molecule has 1 N–H and O–H groups in total. The minimum atomic E-state index is 0.691. The van der Waals surface area contributed by atoms with Gasteiger partial charge < -0.3 is 5.32 Å². The molecule has 0 aliphatic heterocycles. The van der Waals surface area contributed by atoms with E-state index in [0.29, 0.717) is 5.56 Å². The average Bonchev–Trinajstić information content (AvgIpc) is 2.41. The number of nitrogens with one attached hydrogen (secondary N) is 1. The number of nitriles is 1. The highest BCUT2D eigenvalue weighted by Gasteiger charge is 2.04. The van der Waals surface area contributed by atoms with Gasteiger partial charge in [0.1, 0.15) is 6.07 Å². The van der Waals surface area contributed by atoms with Crippen molar-refractivity contribution in [1.29, 1.82) is 5.26 Å². The summed E-state index contributed by atoms with van der Waals surface area (Å²) in [5.41, 5.74) is 3.76. The van der Waals surface area contributed by atoms with Crippen molar-refractivity contribution in [2.75, 3.05) is 11.9 Å². The SMILES string of the molecule is Cc1cccc(C#N)c1NCCc1ccccn1. The van der Waals surface area contributed by atoms with Crippen LogP contribution < -0.4 is 5.32 Å². The Bertz CT molecular complexity index is 556. The van der Waals surface area contributed by atoms with Gasteiger partial charge in [0.15, 0.2) is 0 Å². The standard InChI is InChI=1S/C15H15N3/c1-12-5-4-6-13(11-16)15(12)18-10-8-14-7-2-3-9-17-14/h2-7,9,18H,8,10H2,1H3. The maximum Gasteiger partial charge on any atom is 0.101 e. The summed E-state index contributed by atoms with van der Waals surface area (Å²) < 4.78 is 0. The average molecular weight is 237 g/mol. The molecular weight excluding hydrogens is 222 g/mol. The molecule has 0 saturated carbocycles. The van der Waals surface area contributed by atoms with Crippen molar-refractivity contribution < 1.29 is 0 Å². The molecule has 1 aromatic heterocycles. The first-order chi connectivity index (χ1) is 8.81. The van der Waals surface area contributed by atoms with Crippen LogP contribution in [0.2, 0.25) is 0 Å². The second-order valence-electron chi connectivity index (χ2n) is 4.11. The van der Waals surface area contributed by atoms with Crippen LogP contribution in [0.25, 0.3) is 0 Å². The molecule has 90 valence electrons. The lowest BCUT2D eigenvalue weighted by Crippen LogP contribution is -2.08. The fraction of sp³-hybridized carbons (Fsp3) is 0.200. The molecule has 1 aromatic carbocycles. The van der Waals surface area contributed by atoms with E-state index in [1.54, 1.807) is 6.20 Å². The third-order valence-corrected chi connectivity index (χ3v) is 2.80. The summed E-state index contributed by atoms with van der Waals surface area (Å²) in [4.78, 5) is 4.27. The number of benzene rings is 1. The number of anilines is 1. The zero-order valence-electron chi connectivity index (χ0n) is 10.4. The fourth-order valence-electron chi connectivity index (χ4n) is 1.86. The Balaban J connectivity index is 2.01. The van der Waals surface area contributed by atoms with Gasteiger partial charge in [0, 0.05) is 24.9 Å². The second kappa shape index (κ2) is 5.83.